The number of rotatable bonds is 4. The van der Waals surface area contributed by atoms with Gasteiger partial charge in [-0.15, -0.1) is 0 Å². The van der Waals surface area contributed by atoms with Gasteiger partial charge in [0.1, 0.15) is 0 Å². The van der Waals surface area contributed by atoms with Crippen LogP contribution in [0.5, 0.6) is 0 Å². The van der Waals surface area contributed by atoms with Crippen LogP contribution in [0, 0.1) is 0 Å². The van der Waals surface area contributed by atoms with Crippen LogP contribution in [-0.2, 0) is 9.53 Å². The summed E-state index contributed by atoms with van der Waals surface area (Å²) in [7, 11) is 1.41. The molecular weight excluding hydrogens is 256 g/mol. The first kappa shape index (κ1) is 14.4. The largest absolute Gasteiger partial charge is 0.469 e. The fraction of sp³-hybridized carbons (Fsp3) is 0.500. The van der Waals surface area contributed by atoms with Crippen molar-refractivity contribution in [2.24, 2.45) is 5.11 Å². The van der Waals surface area contributed by atoms with Crippen molar-refractivity contribution in [2.45, 2.75) is 31.2 Å². The van der Waals surface area contributed by atoms with E-state index in [1.165, 1.54) is 7.11 Å². The van der Waals surface area contributed by atoms with Crippen molar-refractivity contribution < 1.29 is 9.53 Å². The maximum absolute atomic E-state index is 12.1. The Morgan fingerprint density at radius 1 is 1.45 bits per heavy atom. The van der Waals surface area contributed by atoms with E-state index in [9.17, 15) is 4.79 Å². The molecule has 0 unspecified atom stereocenters. The fourth-order valence-corrected chi connectivity index (χ4v) is 2.62. The number of carbonyl (C=O) groups excluding carboxylic acids is 1. The second-order valence-corrected chi connectivity index (χ2v) is 4.84. The summed E-state index contributed by atoms with van der Waals surface area (Å²) >= 11 is 0. The molecule has 6 nitrogen and oxygen atoms in total. The summed E-state index contributed by atoms with van der Waals surface area (Å²) < 4.78 is 4.94. The highest BCUT2D eigenvalue weighted by molar-refractivity contribution is 5.79. The number of benzene rings is 1. The van der Waals surface area contributed by atoms with E-state index in [4.69, 9.17) is 10.3 Å². The first-order chi connectivity index (χ1) is 9.76. The summed E-state index contributed by atoms with van der Waals surface area (Å²) in [5, 5.41) is 6.92. The van der Waals surface area contributed by atoms with Crippen LogP contribution in [-0.4, -0.2) is 25.7 Å². The number of esters is 1. The predicted molar refractivity (Wildman–Crippen MR) is 75.6 cm³/mol. The lowest BCUT2D eigenvalue weighted by atomic mass is 9.86. The lowest BCUT2D eigenvalue weighted by Gasteiger charge is -2.30. The van der Waals surface area contributed by atoms with Gasteiger partial charge in [-0.25, -0.2) is 0 Å². The molecule has 0 saturated carbocycles. The Morgan fingerprint density at radius 3 is 2.75 bits per heavy atom. The number of piperidine rings is 1. The molecule has 106 valence electrons. The smallest absolute Gasteiger partial charge is 0.314 e. The molecule has 1 aromatic rings. The average Bonchev–Trinajstić information content (AvgIpc) is 2.50. The second kappa shape index (κ2) is 6.93. The highest BCUT2D eigenvalue weighted by Gasteiger charge is 2.31. The molecule has 20 heavy (non-hydrogen) atoms. The first-order valence-electron chi connectivity index (χ1n) is 6.72. The Hall–Kier alpha value is -2.04. The molecule has 1 saturated heterocycles. The number of hydrogen-bond acceptors (Lipinski definition) is 4. The zero-order valence-electron chi connectivity index (χ0n) is 11.5. The summed E-state index contributed by atoms with van der Waals surface area (Å²) in [6, 6.07) is 7.17. The number of azide groups is 1. The minimum Gasteiger partial charge on any atom is -0.469 e. The maximum atomic E-state index is 12.1. The highest BCUT2D eigenvalue weighted by Crippen LogP contribution is 2.28. The summed E-state index contributed by atoms with van der Waals surface area (Å²) in [5.41, 5.74) is 9.82. The Morgan fingerprint density at radius 2 is 2.20 bits per heavy atom. The van der Waals surface area contributed by atoms with Crippen molar-refractivity contribution in [3.05, 3.63) is 40.3 Å². The normalized spacial score (nSPS) is 19.8. The van der Waals surface area contributed by atoms with Crippen molar-refractivity contribution in [3.63, 3.8) is 0 Å². The minimum absolute atomic E-state index is 0.0986. The van der Waals surface area contributed by atoms with Crippen LogP contribution in [0.2, 0.25) is 0 Å². The van der Waals surface area contributed by atoms with Crippen LogP contribution >= 0.6 is 0 Å². The monoisotopic (exact) mass is 274 g/mol. The van der Waals surface area contributed by atoms with Gasteiger partial charge in [-0.3, -0.25) is 4.79 Å². The maximum Gasteiger partial charge on any atom is 0.314 e. The first-order valence-corrected chi connectivity index (χ1v) is 6.72. The van der Waals surface area contributed by atoms with Gasteiger partial charge in [-0.1, -0.05) is 35.8 Å². The molecule has 0 spiro atoms. The molecule has 2 rings (SSSR count). The molecule has 2 atom stereocenters. The molecule has 1 aliphatic heterocycles. The Balaban J connectivity index is 2.25. The van der Waals surface area contributed by atoms with Crippen molar-refractivity contribution >= 4 is 11.7 Å². The summed E-state index contributed by atoms with van der Waals surface area (Å²) in [6.07, 6.45) is 3.21. The van der Waals surface area contributed by atoms with E-state index in [1.54, 1.807) is 12.1 Å². The molecule has 0 aliphatic carbocycles. The Labute approximate surface area is 117 Å². The van der Waals surface area contributed by atoms with Crippen LogP contribution in [0.15, 0.2) is 29.4 Å². The van der Waals surface area contributed by atoms with E-state index in [0.29, 0.717) is 5.69 Å². The summed E-state index contributed by atoms with van der Waals surface area (Å²) in [6.45, 7) is 0.926. The van der Waals surface area contributed by atoms with Crippen LogP contribution in [0.3, 0.4) is 0 Å². The Bertz CT molecular complexity index is 502. The van der Waals surface area contributed by atoms with E-state index in [0.717, 1.165) is 31.4 Å². The molecule has 1 aromatic carbocycles. The standard InChI is InChI=1S/C14H18N4O2/c1-20-14(19)13(12-4-2-3-9-16-12)10-5-7-11(8-6-10)17-18-15/h5-8,12-13,16H,2-4,9H2,1H3/t12-,13-/m1/s1. The lowest BCUT2D eigenvalue weighted by Crippen LogP contribution is -2.42. The molecular formula is C14H18N4O2. The highest BCUT2D eigenvalue weighted by atomic mass is 16.5. The SMILES string of the molecule is COC(=O)[C@H](c1ccc(N=[N+]=[N-])cc1)[C@H]1CCCCN1. The van der Waals surface area contributed by atoms with Crippen LogP contribution in [0.25, 0.3) is 10.4 Å². The van der Waals surface area contributed by atoms with E-state index < -0.39 is 0 Å². The van der Waals surface area contributed by atoms with E-state index >= 15 is 0 Å². The van der Waals surface area contributed by atoms with Gasteiger partial charge in [-0.2, -0.15) is 0 Å². The molecule has 1 N–H and O–H groups in total. The second-order valence-electron chi connectivity index (χ2n) is 4.84. The number of nitrogens with zero attached hydrogens (tertiary/aromatic N) is 3. The number of nitrogens with one attached hydrogen (secondary N) is 1. The van der Waals surface area contributed by atoms with Gasteiger partial charge < -0.3 is 10.1 Å². The van der Waals surface area contributed by atoms with Gasteiger partial charge >= 0.3 is 5.97 Å². The van der Waals surface area contributed by atoms with E-state index in [1.807, 2.05) is 12.1 Å². The number of hydrogen-bond donors (Lipinski definition) is 1. The van der Waals surface area contributed by atoms with Crippen LogP contribution in [0.4, 0.5) is 5.69 Å². The third-order valence-electron chi connectivity index (χ3n) is 3.62. The van der Waals surface area contributed by atoms with Crippen molar-refractivity contribution in [1.29, 1.82) is 0 Å². The molecule has 0 amide bonds. The van der Waals surface area contributed by atoms with E-state index in [2.05, 4.69) is 15.3 Å². The fourth-order valence-electron chi connectivity index (χ4n) is 2.62. The third kappa shape index (κ3) is 3.29. The minimum atomic E-state index is -0.319. The average molecular weight is 274 g/mol. The topological polar surface area (TPSA) is 87.1 Å². The van der Waals surface area contributed by atoms with Gasteiger partial charge in [0.05, 0.1) is 13.0 Å². The summed E-state index contributed by atoms with van der Waals surface area (Å²) in [5.74, 6) is -0.554. The van der Waals surface area contributed by atoms with Crippen LogP contribution in [0.1, 0.15) is 30.7 Å². The van der Waals surface area contributed by atoms with Crippen molar-refractivity contribution in [1.82, 2.24) is 5.32 Å². The van der Waals surface area contributed by atoms with Crippen molar-refractivity contribution in [2.75, 3.05) is 13.7 Å². The molecule has 1 heterocycles. The van der Waals surface area contributed by atoms with Gasteiger partial charge in [-0.05, 0) is 30.5 Å². The molecule has 0 bridgehead atoms. The number of carbonyl (C=O) groups is 1. The molecule has 6 heteroatoms. The zero-order valence-corrected chi connectivity index (χ0v) is 11.5. The number of methoxy groups -OCH3 is 1. The molecule has 0 aromatic heterocycles. The van der Waals surface area contributed by atoms with Gasteiger partial charge in [0.2, 0.25) is 0 Å². The molecule has 0 radical (unpaired) electrons. The predicted octanol–water partition coefficient (Wildman–Crippen LogP) is 3.03. The van der Waals surface area contributed by atoms with Crippen LogP contribution < -0.4 is 5.32 Å². The van der Waals surface area contributed by atoms with E-state index in [-0.39, 0.29) is 17.9 Å². The van der Waals surface area contributed by atoms with Gasteiger partial charge in [0, 0.05) is 16.6 Å². The lowest BCUT2D eigenvalue weighted by molar-refractivity contribution is -0.143. The zero-order chi connectivity index (χ0) is 14.4. The van der Waals surface area contributed by atoms with Gasteiger partial charge in [0.15, 0.2) is 0 Å². The quantitative estimate of drug-likeness (QED) is 0.396. The number of ether oxygens (including phenoxy) is 1. The molecule has 1 aliphatic rings. The summed E-state index contributed by atoms with van der Waals surface area (Å²) in [4.78, 5) is 14.8. The Kier molecular flexibility index (Phi) is 4.98. The van der Waals surface area contributed by atoms with Gasteiger partial charge in [0.25, 0.3) is 0 Å². The van der Waals surface area contributed by atoms with Crippen molar-refractivity contribution in [3.8, 4) is 0 Å². The third-order valence-corrected chi connectivity index (χ3v) is 3.62. The molecule has 1 fully saturated rings.